The van der Waals surface area contributed by atoms with Gasteiger partial charge in [0.1, 0.15) is 22.1 Å². The number of rotatable bonds is 7. The van der Waals surface area contributed by atoms with Crippen molar-refractivity contribution in [2.24, 2.45) is 0 Å². The summed E-state index contributed by atoms with van der Waals surface area (Å²) >= 11 is 6.00. The maximum absolute atomic E-state index is 13.5. The second kappa shape index (κ2) is 7.70. The van der Waals surface area contributed by atoms with Gasteiger partial charge in [-0.15, -0.1) is 0 Å². The first-order valence-electron chi connectivity index (χ1n) is 7.36. The van der Waals surface area contributed by atoms with E-state index in [9.17, 15) is 12.8 Å². The number of hydrogen-bond donors (Lipinski definition) is 1. The van der Waals surface area contributed by atoms with Gasteiger partial charge < -0.3 is 9.47 Å². The number of methoxy groups -OCH3 is 2. The predicted octanol–water partition coefficient (Wildman–Crippen LogP) is 3.33. The van der Waals surface area contributed by atoms with Gasteiger partial charge in [-0.2, -0.15) is 0 Å². The van der Waals surface area contributed by atoms with Gasteiger partial charge in [-0.25, -0.2) is 17.5 Å². The summed E-state index contributed by atoms with van der Waals surface area (Å²) in [4.78, 5) is -0.278. The third-order valence-electron chi connectivity index (χ3n) is 3.90. The summed E-state index contributed by atoms with van der Waals surface area (Å²) in [7, 11) is -1.23. The van der Waals surface area contributed by atoms with Crippen LogP contribution in [0, 0.1) is 5.82 Å². The molecule has 0 aliphatic rings. The van der Waals surface area contributed by atoms with Crippen LogP contribution in [0.25, 0.3) is 0 Å². The maximum Gasteiger partial charge on any atom is 0.244 e. The van der Waals surface area contributed by atoms with Crippen LogP contribution >= 0.6 is 11.6 Å². The fraction of sp³-hybridized carbons (Fsp3) is 0.294. The van der Waals surface area contributed by atoms with Gasteiger partial charge in [0.2, 0.25) is 10.0 Å². The summed E-state index contributed by atoms with van der Waals surface area (Å²) < 4.78 is 51.6. The maximum atomic E-state index is 13.5. The zero-order valence-electron chi connectivity index (χ0n) is 14.0. The molecule has 0 heterocycles. The van der Waals surface area contributed by atoms with Crippen LogP contribution < -0.4 is 9.46 Å². The summed E-state index contributed by atoms with van der Waals surface area (Å²) in [6, 6.07) is 10.2. The van der Waals surface area contributed by atoms with Crippen molar-refractivity contribution in [2.45, 2.75) is 17.4 Å². The summed E-state index contributed by atoms with van der Waals surface area (Å²) in [6.45, 7) is 1.65. The number of hydrogen-bond acceptors (Lipinski definition) is 4. The summed E-state index contributed by atoms with van der Waals surface area (Å²) in [6.07, 6.45) is 0. The number of nitrogens with one attached hydrogen (secondary N) is 1. The Morgan fingerprint density at radius 1 is 1.20 bits per heavy atom. The van der Waals surface area contributed by atoms with Crippen LogP contribution in [-0.4, -0.2) is 29.2 Å². The minimum absolute atomic E-state index is 0.0516. The molecule has 0 fully saturated rings. The molecule has 8 heteroatoms. The van der Waals surface area contributed by atoms with Gasteiger partial charge in [-0.05, 0) is 42.8 Å². The Hall–Kier alpha value is -1.67. The van der Waals surface area contributed by atoms with E-state index in [0.29, 0.717) is 10.6 Å². The van der Waals surface area contributed by atoms with E-state index in [1.54, 1.807) is 31.2 Å². The third-order valence-corrected chi connectivity index (χ3v) is 5.56. The summed E-state index contributed by atoms with van der Waals surface area (Å²) in [5.41, 5.74) is -0.255. The third kappa shape index (κ3) is 4.49. The molecule has 0 aliphatic carbocycles. The molecule has 0 radical (unpaired) electrons. The Morgan fingerprint density at radius 3 is 2.52 bits per heavy atom. The highest BCUT2D eigenvalue weighted by molar-refractivity contribution is 7.89. The molecule has 2 aromatic carbocycles. The van der Waals surface area contributed by atoms with Gasteiger partial charge in [0, 0.05) is 18.7 Å². The van der Waals surface area contributed by atoms with Crippen molar-refractivity contribution < 1.29 is 22.3 Å². The lowest BCUT2D eigenvalue weighted by Crippen LogP contribution is -2.40. The summed E-state index contributed by atoms with van der Waals surface area (Å²) in [5.74, 6) is -0.624. The smallest absolute Gasteiger partial charge is 0.244 e. The van der Waals surface area contributed by atoms with Crippen LogP contribution in [0.1, 0.15) is 12.5 Å². The lowest BCUT2D eigenvalue weighted by atomic mass is 9.96. The molecule has 2 aromatic rings. The number of benzene rings is 2. The van der Waals surface area contributed by atoms with Gasteiger partial charge >= 0.3 is 0 Å². The van der Waals surface area contributed by atoms with E-state index in [1.807, 2.05) is 0 Å². The zero-order valence-corrected chi connectivity index (χ0v) is 15.6. The average molecular weight is 388 g/mol. The van der Waals surface area contributed by atoms with Crippen LogP contribution in [0.3, 0.4) is 0 Å². The molecule has 25 heavy (non-hydrogen) atoms. The van der Waals surface area contributed by atoms with Gasteiger partial charge in [0.05, 0.1) is 7.11 Å². The molecule has 136 valence electrons. The van der Waals surface area contributed by atoms with Crippen molar-refractivity contribution in [3.63, 3.8) is 0 Å². The first-order valence-corrected chi connectivity index (χ1v) is 9.22. The Morgan fingerprint density at radius 2 is 1.92 bits per heavy atom. The molecule has 0 saturated carbocycles. The average Bonchev–Trinajstić information content (AvgIpc) is 2.59. The van der Waals surface area contributed by atoms with Crippen molar-refractivity contribution >= 4 is 21.6 Å². The topological polar surface area (TPSA) is 64.6 Å². The van der Waals surface area contributed by atoms with Gasteiger partial charge in [-0.3, -0.25) is 0 Å². The Kier molecular flexibility index (Phi) is 6.05. The van der Waals surface area contributed by atoms with Crippen LogP contribution in [0.4, 0.5) is 4.39 Å². The van der Waals surface area contributed by atoms with Crippen LogP contribution in [0.15, 0.2) is 47.4 Å². The molecule has 1 unspecified atom stereocenters. The molecule has 0 saturated heterocycles. The van der Waals surface area contributed by atoms with E-state index < -0.39 is 21.4 Å². The highest BCUT2D eigenvalue weighted by atomic mass is 35.5. The van der Waals surface area contributed by atoms with E-state index in [1.165, 1.54) is 20.3 Å². The van der Waals surface area contributed by atoms with E-state index in [4.69, 9.17) is 21.1 Å². The normalized spacial score (nSPS) is 14.1. The fourth-order valence-electron chi connectivity index (χ4n) is 2.28. The summed E-state index contributed by atoms with van der Waals surface area (Å²) in [5, 5.41) is 0.510. The minimum Gasteiger partial charge on any atom is -0.495 e. The van der Waals surface area contributed by atoms with Gasteiger partial charge in [0.25, 0.3) is 0 Å². The van der Waals surface area contributed by atoms with Gasteiger partial charge in [-0.1, -0.05) is 23.7 Å². The Labute approximate surface area is 151 Å². The molecule has 0 aromatic heterocycles. The largest absolute Gasteiger partial charge is 0.495 e. The first kappa shape index (κ1) is 19.7. The quantitative estimate of drug-likeness (QED) is 0.791. The molecule has 2 rings (SSSR count). The van der Waals surface area contributed by atoms with Crippen molar-refractivity contribution in [3.05, 3.63) is 58.9 Å². The molecule has 5 nitrogen and oxygen atoms in total. The van der Waals surface area contributed by atoms with Gasteiger partial charge in [0.15, 0.2) is 0 Å². The number of ether oxygens (including phenoxy) is 2. The highest BCUT2D eigenvalue weighted by Gasteiger charge is 2.30. The zero-order chi connectivity index (χ0) is 18.7. The van der Waals surface area contributed by atoms with E-state index >= 15 is 0 Å². The molecule has 0 bridgehead atoms. The molecule has 1 atom stereocenters. The van der Waals surface area contributed by atoms with E-state index in [2.05, 4.69) is 4.72 Å². The standard InChI is InChI=1S/C17H19ClFNO4S/c1-17(24-3,12-5-4-6-13(18)9-12)11-20-25(21,22)16-10-14(19)7-8-15(16)23-2/h4-10,20H,11H2,1-3H3. The lowest BCUT2D eigenvalue weighted by Gasteiger charge is -2.29. The van der Waals surface area contributed by atoms with Crippen LogP contribution in [0.5, 0.6) is 5.75 Å². The van der Waals surface area contributed by atoms with Crippen LogP contribution in [-0.2, 0) is 20.4 Å². The second-order valence-corrected chi connectivity index (χ2v) is 7.74. The van der Waals surface area contributed by atoms with Crippen molar-refractivity contribution in [2.75, 3.05) is 20.8 Å². The second-order valence-electron chi connectivity index (χ2n) is 5.57. The molecular weight excluding hydrogens is 369 g/mol. The van der Waals surface area contributed by atoms with E-state index in [-0.39, 0.29) is 17.2 Å². The Balaban J connectivity index is 2.30. The van der Waals surface area contributed by atoms with Crippen molar-refractivity contribution in [1.82, 2.24) is 4.72 Å². The molecule has 0 aliphatic heterocycles. The molecular formula is C17H19ClFNO4S. The SMILES string of the molecule is COc1ccc(F)cc1S(=O)(=O)NCC(C)(OC)c1cccc(Cl)c1. The minimum atomic E-state index is -4.01. The Bertz CT molecular complexity index is 859. The molecule has 0 spiro atoms. The first-order chi connectivity index (χ1) is 11.7. The highest BCUT2D eigenvalue weighted by Crippen LogP contribution is 2.28. The van der Waals surface area contributed by atoms with Crippen molar-refractivity contribution in [3.8, 4) is 5.75 Å². The molecule has 1 N–H and O–H groups in total. The fourth-order valence-corrected chi connectivity index (χ4v) is 3.78. The monoisotopic (exact) mass is 387 g/mol. The lowest BCUT2D eigenvalue weighted by molar-refractivity contribution is 0.00698. The number of halogens is 2. The predicted molar refractivity (Wildman–Crippen MR) is 94.0 cm³/mol. The molecule has 0 amide bonds. The van der Waals surface area contributed by atoms with Crippen LogP contribution in [0.2, 0.25) is 5.02 Å². The van der Waals surface area contributed by atoms with Crippen molar-refractivity contribution in [1.29, 1.82) is 0 Å². The number of sulfonamides is 1. The van der Waals surface area contributed by atoms with E-state index in [0.717, 1.165) is 12.1 Å².